The van der Waals surface area contributed by atoms with Gasteiger partial charge < -0.3 is 64.8 Å². The zero-order chi connectivity index (χ0) is 79.3. The topological polar surface area (TPSA) is 279 Å². The Morgan fingerprint density at radius 3 is 1.79 bits per heavy atom. The van der Waals surface area contributed by atoms with Crippen LogP contribution < -0.4 is 16.0 Å². The van der Waals surface area contributed by atoms with E-state index in [9.17, 15) is 45.5 Å². The first-order chi connectivity index (χ1) is 50.3. The second-order valence-electron chi connectivity index (χ2n) is 29.8. The zero-order valence-electron chi connectivity index (χ0n) is 63.5. The molecule has 2 bridgehead atoms. The molecule has 4 heterocycles. The fourth-order valence-electron chi connectivity index (χ4n) is 15.3. The molecule has 0 aromatic heterocycles. The Kier molecular flexibility index (Phi) is 30.1. The first-order valence-electron chi connectivity index (χ1n) is 37.3. The van der Waals surface area contributed by atoms with E-state index in [0.29, 0.717) is 38.5 Å². The van der Waals surface area contributed by atoms with Gasteiger partial charge in [0.05, 0.1) is 48.9 Å². The van der Waals surface area contributed by atoms with Gasteiger partial charge in [0.15, 0.2) is 0 Å². The van der Waals surface area contributed by atoms with Crippen molar-refractivity contribution in [2.45, 2.75) is 217 Å². The minimum atomic E-state index is -4.82. The molecule has 4 saturated heterocycles. The number of alkyl halides is 6. The van der Waals surface area contributed by atoms with E-state index in [1.54, 1.807) is 27.7 Å². The van der Waals surface area contributed by atoms with E-state index in [1.165, 1.54) is 71.7 Å². The predicted octanol–water partition coefficient (Wildman–Crippen LogP) is 6.34. The number of hydrogen-bond donors (Lipinski definition) is 3. The van der Waals surface area contributed by atoms with Gasteiger partial charge in [0.25, 0.3) is 0 Å². The molecule has 5 aliphatic rings. The number of benzene rings is 2. The number of aryl methyl sites for hydroxylation is 1. The standard InChI is InChI=1S/C75H107ClF6N12O13/c1-13-46(6)62-70(104)87(8)44-61(97)88(9)55-23-18-19-33-94(69(55)103)58(41-48-25-29-50(30-26-48)74(77,78)79)67(101)86(7)43-59(95)83-53(32-28-47-27-31-51(52(76)40-47)75(80,81)82)66(100)93-34-20-24-54(93)65(99)85-73(14-2,15-3)72(106)91(12)63(49-21-16-17-22-49)71(105)90(11)57(68(102)92-35-37-107-38-36-92)42-60(96)89(10)56(39-45(4)5)64(98)84-62/h25-27,29-31,40,45-46,49,53-58,62-63H,13-24,28,32-39,41-44H2,1-12H3,(H,83,95)(H,84,98)(H,85,99)/t46-,53+,54-,55-,56-,57-,58-,62-,63-/m0/s1. The van der Waals surface area contributed by atoms with Crippen molar-refractivity contribution < 1.29 is 88.6 Å². The average molecular weight is 1530 g/mol. The van der Waals surface area contributed by atoms with Gasteiger partial charge in [-0.2, -0.15) is 26.3 Å². The van der Waals surface area contributed by atoms with Gasteiger partial charge in [-0.1, -0.05) is 90.6 Å². The first-order valence-corrected chi connectivity index (χ1v) is 37.6. The van der Waals surface area contributed by atoms with Crippen LogP contribution in [0.25, 0.3) is 0 Å². The predicted molar refractivity (Wildman–Crippen MR) is 384 cm³/mol. The van der Waals surface area contributed by atoms with Gasteiger partial charge in [0.1, 0.15) is 53.9 Å². The summed E-state index contributed by atoms with van der Waals surface area (Å²) in [6.07, 6.45) is -7.50. The Bertz CT molecular complexity index is 3530. The maximum atomic E-state index is 15.7. The highest BCUT2D eigenvalue weighted by molar-refractivity contribution is 6.31. The number of carbonyl (C=O) groups is 12. The van der Waals surface area contributed by atoms with Gasteiger partial charge in [-0.15, -0.1) is 0 Å². The number of morpholine rings is 1. The maximum Gasteiger partial charge on any atom is 0.417 e. The van der Waals surface area contributed by atoms with E-state index < -0.39 is 191 Å². The van der Waals surface area contributed by atoms with Gasteiger partial charge in [-0.25, -0.2) is 0 Å². The van der Waals surface area contributed by atoms with Crippen LogP contribution in [0.2, 0.25) is 5.02 Å². The third-order valence-electron chi connectivity index (χ3n) is 22.2. The molecule has 7 rings (SSSR count). The van der Waals surface area contributed by atoms with E-state index >= 15 is 38.4 Å². The fraction of sp³-hybridized carbons (Fsp3) is 0.680. The van der Waals surface area contributed by atoms with Crippen LogP contribution in [0.3, 0.4) is 0 Å². The molecule has 107 heavy (non-hydrogen) atoms. The summed E-state index contributed by atoms with van der Waals surface area (Å²) >= 11 is 6.15. The second kappa shape index (κ2) is 37.3. The van der Waals surface area contributed by atoms with Crippen LogP contribution in [0.15, 0.2) is 42.5 Å². The van der Waals surface area contributed by atoms with Crippen LogP contribution in [-0.4, -0.2) is 264 Å². The number of nitrogens with one attached hydrogen (secondary N) is 3. The fourth-order valence-corrected chi connectivity index (χ4v) is 15.6. The van der Waals surface area contributed by atoms with Crippen molar-refractivity contribution in [1.29, 1.82) is 0 Å². The zero-order valence-corrected chi connectivity index (χ0v) is 64.3. The van der Waals surface area contributed by atoms with Crippen LogP contribution >= 0.6 is 11.6 Å². The Morgan fingerprint density at radius 1 is 0.607 bits per heavy atom. The monoisotopic (exact) mass is 1530 g/mol. The summed E-state index contributed by atoms with van der Waals surface area (Å²) in [5, 5.41) is 7.87. The molecule has 0 unspecified atom stereocenters. The summed E-state index contributed by atoms with van der Waals surface area (Å²) < 4.78 is 89.2. The highest BCUT2D eigenvalue weighted by Crippen LogP contribution is 2.38. The summed E-state index contributed by atoms with van der Waals surface area (Å²) in [7, 11) is 8.11. The summed E-state index contributed by atoms with van der Waals surface area (Å²) in [5.74, 6) is -10.4. The molecule has 0 spiro atoms. The van der Waals surface area contributed by atoms with Crippen LogP contribution in [0.1, 0.15) is 160 Å². The minimum absolute atomic E-state index is 0.0391. The summed E-state index contributed by atoms with van der Waals surface area (Å²) in [6.45, 7) is 9.41. The largest absolute Gasteiger partial charge is 0.417 e. The van der Waals surface area contributed by atoms with Gasteiger partial charge in [0.2, 0.25) is 70.9 Å². The Morgan fingerprint density at radius 2 is 1.21 bits per heavy atom. The molecule has 2 aromatic rings. The lowest BCUT2D eigenvalue weighted by Crippen LogP contribution is -2.65. The molecule has 25 nitrogen and oxygen atoms in total. The molecule has 1 saturated carbocycles. The quantitative estimate of drug-likeness (QED) is 0.185. The van der Waals surface area contributed by atoms with E-state index in [4.69, 9.17) is 16.3 Å². The van der Waals surface area contributed by atoms with E-state index in [2.05, 4.69) is 16.0 Å². The molecule has 1 aliphatic carbocycles. The third kappa shape index (κ3) is 21.0. The second-order valence-corrected chi connectivity index (χ2v) is 30.2. The molecule has 9 atom stereocenters. The van der Waals surface area contributed by atoms with Crippen molar-refractivity contribution in [1.82, 2.24) is 60.0 Å². The van der Waals surface area contributed by atoms with Crippen LogP contribution in [0, 0.1) is 17.8 Å². The maximum absolute atomic E-state index is 15.7. The number of halogens is 7. The molecule has 0 radical (unpaired) electrons. The van der Waals surface area contributed by atoms with E-state index in [0.717, 1.165) is 57.2 Å². The van der Waals surface area contributed by atoms with Gasteiger partial charge in [-0.05, 0) is 130 Å². The average Bonchev–Trinajstić information content (AvgIpc) is 1.75. The SMILES string of the molecule is CC[C@H](C)[C@@H]1NC(=O)[C@H](CC(C)C)N(C)C(=O)C[C@@H](C(=O)N2CCOCC2)N(C)C(=O)[C@H](C2CCCC2)N(C)C(=O)C(CC)(CC)NC(=O)[C@@H]2CCCN2C(=O)[C@@H](CCc2ccc(C(F)(F)F)c(Cl)c2)NC(=O)CN(C)C(=O)[C@H](Cc2ccc(C(F)(F)F)cc2)N2CCCC[C@@H](C2=O)N(C)C(=O)CN(C)C1=O. The van der Waals surface area contributed by atoms with Crippen LogP contribution in [0.5, 0.6) is 0 Å². The van der Waals surface area contributed by atoms with Gasteiger partial charge in [-0.3, -0.25) is 57.5 Å². The minimum Gasteiger partial charge on any atom is -0.378 e. The van der Waals surface area contributed by atoms with Crippen molar-refractivity contribution in [3.63, 3.8) is 0 Å². The van der Waals surface area contributed by atoms with Gasteiger partial charge >= 0.3 is 12.4 Å². The van der Waals surface area contributed by atoms with Crippen molar-refractivity contribution in [3.05, 3.63) is 69.7 Å². The summed E-state index contributed by atoms with van der Waals surface area (Å²) in [4.78, 5) is 192. The first kappa shape index (κ1) is 86.2. The van der Waals surface area contributed by atoms with E-state index in [1.807, 2.05) is 13.8 Å². The molecular weight excluding hydrogens is 1430 g/mol. The number of carbonyl (C=O) groups excluding carboxylic acids is 12. The summed E-state index contributed by atoms with van der Waals surface area (Å²) in [5.41, 5.74) is -3.49. The highest BCUT2D eigenvalue weighted by Gasteiger charge is 2.50. The number of hydrogen-bond acceptors (Lipinski definition) is 13. The lowest BCUT2D eigenvalue weighted by Gasteiger charge is -2.43. The molecule has 3 N–H and O–H groups in total. The van der Waals surface area contributed by atoms with Crippen molar-refractivity contribution in [3.8, 4) is 0 Å². The van der Waals surface area contributed by atoms with Crippen molar-refractivity contribution in [2.75, 3.05) is 94.8 Å². The number of nitrogens with zero attached hydrogens (tertiary/aromatic N) is 9. The highest BCUT2D eigenvalue weighted by atomic mass is 35.5. The number of ether oxygens (including phenoxy) is 1. The van der Waals surface area contributed by atoms with E-state index in [-0.39, 0.29) is 114 Å². The van der Waals surface area contributed by atoms with Crippen LogP contribution in [-0.2, 0) is 87.5 Å². The van der Waals surface area contributed by atoms with Crippen molar-refractivity contribution in [2.24, 2.45) is 17.8 Å². The molecule has 12 amide bonds. The van der Waals surface area contributed by atoms with Crippen molar-refractivity contribution >= 4 is 82.5 Å². The molecule has 2 aromatic carbocycles. The molecule has 32 heteroatoms. The van der Waals surface area contributed by atoms with Crippen LogP contribution in [0.4, 0.5) is 26.3 Å². The lowest BCUT2D eigenvalue weighted by atomic mass is 9.87. The number of rotatable bonds is 13. The molecule has 4 aliphatic heterocycles. The number of fused-ring (bicyclic) bond motifs is 3. The number of amides is 12. The smallest absolute Gasteiger partial charge is 0.378 e. The Balaban J connectivity index is 1.33. The molecule has 5 fully saturated rings. The lowest BCUT2D eigenvalue weighted by molar-refractivity contribution is -0.157. The Hall–Kier alpha value is -8.09. The molecule has 594 valence electrons. The van der Waals surface area contributed by atoms with Gasteiger partial charge in [0, 0.05) is 74.9 Å². The third-order valence-corrected chi connectivity index (χ3v) is 22.5. The summed E-state index contributed by atoms with van der Waals surface area (Å²) in [6, 6.07) is -4.15. The Labute approximate surface area is 627 Å². The normalized spacial score (nSPS) is 25.6. The number of likely N-dealkylation sites (N-methyl/N-ethyl adjacent to an activating group) is 6. The molecular formula is C75H107ClF6N12O13.